The van der Waals surface area contributed by atoms with Crippen LogP contribution in [0.4, 0.5) is 0 Å². The van der Waals surface area contributed by atoms with E-state index in [0.29, 0.717) is 30.7 Å². The first-order valence-electron chi connectivity index (χ1n) is 7.03. The molecule has 1 amide bonds. The molecule has 0 bridgehead atoms. The zero-order chi connectivity index (χ0) is 16.8. The van der Waals surface area contributed by atoms with E-state index in [1.165, 1.54) is 16.7 Å². The number of carbonyl (C=O) groups is 1. The summed E-state index contributed by atoms with van der Waals surface area (Å²) in [6.07, 6.45) is 0. The second-order valence-corrected chi connectivity index (χ2v) is 6.83. The molecule has 0 saturated carbocycles. The van der Waals surface area contributed by atoms with Crippen molar-refractivity contribution in [2.24, 2.45) is 4.99 Å². The number of rotatable bonds is 2. The number of phenols is 1. The Bertz CT molecular complexity index is 1160. The maximum Gasteiger partial charge on any atom is 0.279 e. The van der Waals surface area contributed by atoms with Crippen LogP contribution < -0.4 is 10.6 Å². The molecule has 2 heterocycles. The summed E-state index contributed by atoms with van der Waals surface area (Å²) in [7, 11) is 0. The highest BCUT2D eigenvalue weighted by molar-refractivity contribution is 7.73. The van der Waals surface area contributed by atoms with Gasteiger partial charge in [0.15, 0.2) is 3.95 Å². The zero-order valence-corrected chi connectivity index (χ0v) is 13.8. The number of fused-ring (bicyclic) bond motifs is 1. The summed E-state index contributed by atoms with van der Waals surface area (Å²) in [5.74, 6) is -0.375. The Labute approximate surface area is 145 Å². The minimum absolute atomic E-state index is 0.106. The average molecular weight is 354 g/mol. The fraction of sp³-hybridized carbons (Fsp3) is 0. The van der Waals surface area contributed by atoms with E-state index in [0.717, 1.165) is 11.3 Å². The van der Waals surface area contributed by atoms with Crippen molar-refractivity contribution in [3.05, 3.63) is 67.9 Å². The van der Waals surface area contributed by atoms with E-state index in [4.69, 9.17) is 12.2 Å². The van der Waals surface area contributed by atoms with E-state index >= 15 is 0 Å². The van der Waals surface area contributed by atoms with Gasteiger partial charge in [-0.2, -0.15) is 0 Å². The lowest BCUT2D eigenvalue weighted by Crippen LogP contribution is -2.22. The average Bonchev–Trinajstić information content (AvgIpc) is 3.04. The number of amides is 1. The monoisotopic (exact) mass is 354 g/mol. The third kappa shape index (κ3) is 2.17. The third-order valence-electron chi connectivity index (χ3n) is 3.73. The number of aromatic hydroxyl groups is 2. The number of para-hydroxylation sites is 1. The summed E-state index contributed by atoms with van der Waals surface area (Å²) in [5, 5.41) is 21.4. The molecule has 0 unspecified atom stereocenters. The SMILES string of the molecule is O=C1N=c2ccccc2=C1c1sc(=S)n(-c2ccc(O)cc2)c1O. The smallest absolute Gasteiger partial charge is 0.279 e. The van der Waals surface area contributed by atoms with Gasteiger partial charge < -0.3 is 10.2 Å². The lowest BCUT2D eigenvalue weighted by molar-refractivity contribution is -0.112. The molecule has 1 aromatic heterocycles. The maximum atomic E-state index is 12.3. The van der Waals surface area contributed by atoms with Crippen molar-refractivity contribution in [2.45, 2.75) is 0 Å². The Morgan fingerprint density at radius 2 is 1.75 bits per heavy atom. The Morgan fingerprint density at radius 1 is 1.04 bits per heavy atom. The third-order valence-corrected chi connectivity index (χ3v) is 5.11. The normalized spacial score (nSPS) is 13.0. The Morgan fingerprint density at radius 3 is 2.50 bits per heavy atom. The molecular weight excluding hydrogens is 344 g/mol. The van der Waals surface area contributed by atoms with Gasteiger partial charge in [0.25, 0.3) is 5.91 Å². The molecule has 1 aliphatic heterocycles. The van der Waals surface area contributed by atoms with E-state index in [1.807, 2.05) is 12.1 Å². The standard InChI is InChI=1S/C17H10N2O3S2/c20-10-7-5-9(6-8-10)19-16(22)14(24-17(19)23)13-11-3-1-2-4-12(11)18-15(13)21/h1-8,20,22H. The molecule has 3 aromatic rings. The molecule has 0 atom stereocenters. The molecule has 2 N–H and O–H groups in total. The molecule has 5 nitrogen and oxygen atoms in total. The molecule has 1 aliphatic rings. The summed E-state index contributed by atoms with van der Waals surface area (Å²) in [6, 6.07) is 13.5. The molecule has 0 fully saturated rings. The highest BCUT2D eigenvalue weighted by Crippen LogP contribution is 2.35. The Hall–Kier alpha value is -2.77. The van der Waals surface area contributed by atoms with E-state index in [2.05, 4.69) is 4.99 Å². The highest BCUT2D eigenvalue weighted by atomic mass is 32.1. The summed E-state index contributed by atoms with van der Waals surface area (Å²) < 4.78 is 1.87. The number of phenolic OH excluding ortho intramolecular Hbond substituents is 1. The van der Waals surface area contributed by atoms with Gasteiger partial charge in [-0.05, 0) is 42.5 Å². The lowest BCUT2D eigenvalue weighted by Gasteiger charge is -2.05. The van der Waals surface area contributed by atoms with Gasteiger partial charge in [0.2, 0.25) is 5.88 Å². The van der Waals surface area contributed by atoms with Crippen molar-refractivity contribution in [2.75, 3.05) is 0 Å². The molecule has 0 radical (unpaired) electrons. The van der Waals surface area contributed by atoms with E-state index in [1.54, 1.807) is 24.3 Å². The fourth-order valence-corrected chi connectivity index (χ4v) is 4.02. The van der Waals surface area contributed by atoms with Crippen LogP contribution in [-0.2, 0) is 4.79 Å². The van der Waals surface area contributed by atoms with Crippen LogP contribution in [0, 0.1) is 3.95 Å². The summed E-state index contributed by atoms with van der Waals surface area (Å²) in [4.78, 5) is 16.7. The number of hydrogen-bond donors (Lipinski definition) is 2. The highest BCUT2D eigenvalue weighted by Gasteiger charge is 2.25. The number of carbonyl (C=O) groups excluding carboxylic acids is 1. The van der Waals surface area contributed by atoms with Gasteiger partial charge in [0, 0.05) is 5.22 Å². The second-order valence-electron chi connectivity index (χ2n) is 5.18. The van der Waals surface area contributed by atoms with Crippen LogP contribution in [-0.4, -0.2) is 20.7 Å². The van der Waals surface area contributed by atoms with Gasteiger partial charge in [-0.15, -0.1) is 11.3 Å². The van der Waals surface area contributed by atoms with Crippen molar-refractivity contribution in [1.29, 1.82) is 0 Å². The number of benzene rings is 2. The maximum absolute atomic E-state index is 12.3. The summed E-state index contributed by atoms with van der Waals surface area (Å²) in [6.45, 7) is 0. The number of aromatic nitrogens is 1. The lowest BCUT2D eigenvalue weighted by atomic mass is 10.1. The summed E-state index contributed by atoms with van der Waals surface area (Å²) >= 11 is 6.50. The molecule has 0 spiro atoms. The zero-order valence-electron chi connectivity index (χ0n) is 12.1. The minimum Gasteiger partial charge on any atom is -0.508 e. The predicted molar refractivity (Wildman–Crippen MR) is 92.5 cm³/mol. The van der Waals surface area contributed by atoms with Crippen LogP contribution >= 0.6 is 23.6 Å². The van der Waals surface area contributed by atoms with Crippen molar-refractivity contribution >= 4 is 35.0 Å². The molecular formula is C17H10N2O3S2. The van der Waals surface area contributed by atoms with Gasteiger partial charge in [-0.1, -0.05) is 18.2 Å². The van der Waals surface area contributed by atoms with Crippen LogP contribution in [0.2, 0.25) is 0 Å². The number of thiazole rings is 1. The molecule has 7 heteroatoms. The molecule has 0 aliphatic carbocycles. The van der Waals surface area contributed by atoms with Gasteiger partial charge in [0.1, 0.15) is 10.6 Å². The fourth-order valence-electron chi connectivity index (χ4n) is 2.64. The first-order valence-corrected chi connectivity index (χ1v) is 8.26. The van der Waals surface area contributed by atoms with Crippen LogP contribution in [0.3, 0.4) is 0 Å². The Balaban J connectivity index is 1.99. The van der Waals surface area contributed by atoms with Crippen LogP contribution in [0.1, 0.15) is 4.88 Å². The van der Waals surface area contributed by atoms with Crippen molar-refractivity contribution in [1.82, 2.24) is 4.57 Å². The molecule has 2 aromatic carbocycles. The molecule has 4 rings (SSSR count). The van der Waals surface area contributed by atoms with E-state index < -0.39 is 0 Å². The first kappa shape index (κ1) is 14.8. The van der Waals surface area contributed by atoms with Crippen LogP contribution in [0.15, 0.2) is 53.5 Å². The van der Waals surface area contributed by atoms with Gasteiger partial charge in [-0.3, -0.25) is 9.36 Å². The molecule has 24 heavy (non-hydrogen) atoms. The second kappa shape index (κ2) is 5.40. The van der Waals surface area contributed by atoms with Crippen molar-refractivity contribution < 1.29 is 15.0 Å². The topological polar surface area (TPSA) is 74.8 Å². The van der Waals surface area contributed by atoms with Gasteiger partial charge in [0.05, 0.1) is 16.6 Å². The van der Waals surface area contributed by atoms with E-state index in [9.17, 15) is 15.0 Å². The van der Waals surface area contributed by atoms with Gasteiger partial charge >= 0.3 is 0 Å². The predicted octanol–water partition coefficient (Wildman–Crippen LogP) is 2.04. The quantitative estimate of drug-likeness (QED) is 0.691. The minimum atomic E-state index is -0.388. The largest absolute Gasteiger partial charge is 0.508 e. The number of hydrogen-bond acceptors (Lipinski definition) is 5. The van der Waals surface area contributed by atoms with Crippen LogP contribution in [0.25, 0.3) is 11.3 Å². The Kier molecular flexibility index (Phi) is 3.33. The van der Waals surface area contributed by atoms with E-state index in [-0.39, 0.29) is 17.5 Å². The van der Waals surface area contributed by atoms with Crippen molar-refractivity contribution in [3.63, 3.8) is 0 Å². The van der Waals surface area contributed by atoms with Gasteiger partial charge in [-0.25, -0.2) is 4.99 Å². The van der Waals surface area contributed by atoms with Crippen molar-refractivity contribution in [3.8, 4) is 17.3 Å². The first-order chi connectivity index (χ1) is 11.6. The molecule has 0 saturated heterocycles. The number of nitrogens with zero attached hydrogens (tertiary/aromatic N) is 2. The summed E-state index contributed by atoms with van der Waals surface area (Å²) in [5.41, 5.74) is 0.964. The van der Waals surface area contributed by atoms with Crippen LogP contribution in [0.5, 0.6) is 11.6 Å². The molecule has 118 valence electrons.